The molecule has 1 heterocycles. The van der Waals surface area contributed by atoms with Gasteiger partial charge in [-0.15, -0.1) is 0 Å². The van der Waals surface area contributed by atoms with Crippen LogP contribution >= 0.6 is 15.9 Å². The molecule has 6 heteroatoms. The third kappa shape index (κ3) is 3.08. The van der Waals surface area contributed by atoms with Crippen molar-refractivity contribution in [2.75, 3.05) is 5.32 Å². The Hall–Kier alpha value is -1.95. The molecule has 0 atom stereocenters. The molecule has 0 spiro atoms. The lowest BCUT2D eigenvalue weighted by atomic mass is 10.2. The summed E-state index contributed by atoms with van der Waals surface area (Å²) >= 11 is 3.11. The van der Waals surface area contributed by atoms with Gasteiger partial charge in [0.1, 0.15) is 11.6 Å². The quantitative estimate of drug-likeness (QED) is 0.902. The van der Waals surface area contributed by atoms with Crippen molar-refractivity contribution in [2.24, 2.45) is 0 Å². The van der Waals surface area contributed by atoms with Crippen LogP contribution < -0.4 is 5.32 Å². The second-order valence-corrected chi connectivity index (χ2v) is 4.80. The van der Waals surface area contributed by atoms with Crippen LogP contribution in [0, 0.1) is 12.7 Å². The van der Waals surface area contributed by atoms with Crippen LogP contribution in [0.1, 0.15) is 15.9 Å². The number of hydrogen-bond donors (Lipinski definition) is 2. The molecule has 2 aromatic rings. The highest BCUT2D eigenvalue weighted by molar-refractivity contribution is 9.10. The lowest BCUT2D eigenvalue weighted by molar-refractivity contribution is 0.0696. The van der Waals surface area contributed by atoms with Crippen molar-refractivity contribution in [1.82, 2.24) is 4.98 Å². The summed E-state index contributed by atoms with van der Waals surface area (Å²) in [6, 6.07) is 5.97. The van der Waals surface area contributed by atoms with Gasteiger partial charge in [0.05, 0.1) is 10.0 Å². The fourth-order valence-corrected chi connectivity index (χ4v) is 1.97. The van der Waals surface area contributed by atoms with E-state index < -0.39 is 5.97 Å². The Balaban J connectivity index is 2.26. The van der Waals surface area contributed by atoms with Gasteiger partial charge in [-0.3, -0.25) is 0 Å². The van der Waals surface area contributed by atoms with E-state index in [-0.39, 0.29) is 11.4 Å². The molecule has 0 saturated heterocycles. The van der Waals surface area contributed by atoms with Gasteiger partial charge in [-0.2, -0.15) is 0 Å². The fourth-order valence-electron chi connectivity index (χ4n) is 1.51. The molecule has 19 heavy (non-hydrogen) atoms. The van der Waals surface area contributed by atoms with Crippen molar-refractivity contribution in [2.45, 2.75) is 6.92 Å². The van der Waals surface area contributed by atoms with Gasteiger partial charge in [-0.05, 0) is 52.7 Å². The van der Waals surface area contributed by atoms with Crippen LogP contribution in [-0.4, -0.2) is 16.1 Å². The van der Waals surface area contributed by atoms with Gasteiger partial charge in [0.15, 0.2) is 0 Å². The number of carbonyl (C=O) groups is 1. The molecule has 0 amide bonds. The van der Waals surface area contributed by atoms with Gasteiger partial charge in [0.2, 0.25) is 0 Å². The summed E-state index contributed by atoms with van der Waals surface area (Å²) < 4.78 is 13.8. The van der Waals surface area contributed by atoms with Crippen LogP contribution in [0.25, 0.3) is 0 Å². The topological polar surface area (TPSA) is 62.2 Å². The Morgan fingerprint density at radius 3 is 2.74 bits per heavy atom. The van der Waals surface area contributed by atoms with Crippen LogP contribution in [0.5, 0.6) is 0 Å². The number of carboxylic acids is 1. The Kier molecular flexibility index (Phi) is 3.80. The summed E-state index contributed by atoms with van der Waals surface area (Å²) in [5, 5.41) is 11.7. The summed E-state index contributed by atoms with van der Waals surface area (Å²) in [6.45, 7) is 1.83. The Labute approximate surface area is 117 Å². The van der Waals surface area contributed by atoms with Crippen molar-refractivity contribution in [1.29, 1.82) is 0 Å². The number of anilines is 2. The van der Waals surface area contributed by atoms with E-state index in [2.05, 4.69) is 26.2 Å². The average Bonchev–Trinajstić information content (AvgIpc) is 2.36. The molecule has 2 rings (SSSR count). The number of hydrogen-bond acceptors (Lipinski definition) is 3. The second-order valence-electron chi connectivity index (χ2n) is 3.94. The van der Waals surface area contributed by atoms with Crippen molar-refractivity contribution in [3.63, 3.8) is 0 Å². The maximum Gasteiger partial charge on any atom is 0.337 e. The van der Waals surface area contributed by atoms with Crippen LogP contribution in [-0.2, 0) is 0 Å². The summed E-state index contributed by atoms with van der Waals surface area (Å²) in [5.41, 5.74) is 1.53. The zero-order valence-corrected chi connectivity index (χ0v) is 11.5. The van der Waals surface area contributed by atoms with Gasteiger partial charge in [0.25, 0.3) is 0 Å². The third-order valence-corrected chi connectivity index (χ3v) is 3.15. The van der Waals surface area contributed by atoms with E-state index in [1.54, 1.807) is 6.07 Å². The molecule has 1 aromatic carbocycles. The largest absolute Gasteiger partial charge is 0.478 e. The molecule has 4 nitrogen and oxygen atoms in total. The maximum absolute atomic E-state index is 13.4. The van der Waals surface area contributed by atoms with E-state index in [0.717, 1.165) is 5.56 Å². The number of nitrogens with one attached hydrogen (secondary N) is 1. The predicted molar refractivity (Wildman–Crippen MR) is 73.3 cm³/mol. The van der Waals surface area contributed by atoms with Crippen molar-refractivity contribution >= 4 is 33.4 Å². The molecule has 0 aliphatic rings. The van der Waals surface area contributed by atoms with E-state index in [4.69, 9.17) is 5.11 Å². The minimum atomic E-state index is -1.04. The van der Waals surface area contributed by atoms with Gasteiger partial charge in [0, 0.05) is 11.9 Å². The van der Waals surface area contributed by atoms with Crippen molar-refractivity contribution in [3.8, 4) is 0 Å². The number of carboxylic acid groups (broad SMARTS) is 1. The Morgan fingerprint density at radius 2 is 2.16 bits per heavy atom. The highest BCUT2D eigenvalue weighted by Crippen LogP contribution is 2.26. The number of aromatic nitrogens is 1. The fraction of sp³-hybridized carbons (Fsp3) is 0.0769. The first-order valence-corrected chi connectivity index (χ1v) is 6.18. The molecule has 0 aliphatic carbocycles. The zero-order chi connectivity index (χ0) is 14.0. The number of rotatable bonds is 3. The van der Waals surface area contributed by atoms with E-state index in [0.29, 0.717) is 16.0 Å². The first kappa shape index (κ1) is 13.5. The highest BCUT2D eigenvalue weighted by atomic mass is 79.9. The molecule has 0 saturated carbocycles. The van der Waals surface area contributed by atoms with Crippen LogP contribution in [0.3, 0.4) is 0 Å². The van der Waals surface area contributed by atoms with Gasteiger partial charge >= 0.3 is 5.97 Å². The standard InChI is InChI=1S/C13H10BrFN2O2/c1-7-4-9(14)10(15)5-11(7)17-12-3-2-8(6-16-12)13(18)19/h2-6H,1H3,(H,16,17)(H,18,19). The maximum atomic E-state index is 13.4. The summed E-state index contributed by atoms with van der Waals surface area (Å²) in [4.78, 5) is 14.7. The summed E-state index contributed by atoms with van der Waals surface area (Å²) in [6.07, 6.45) is 1.25. The number of benzene rings is 1. The Bertz CT molecular complexity index is 629. The number of halogens is 2. The smallest absolute Gasteiger partial charge is 0.337 e. The number of aromatic carboxylic acids is 1. The van der Waals surface area contributed by atoms with E-state index in [1.807, 2.05) is 6.92 Å². The molecule has 2 N–H and O–H groups in total. The molecule has 0 radical (unpaired) electrons. The summed E-state index contributed by atoms with van der Waals surface area (Å²) in [7, 11) is 0. The zero-order valence-electron chi connectivity index (χ0n) is 9.95. The SMILES string of the molecule is Cc1cc(Br)c(F)cc1Nc1ccc(C(=O)O)cn1. The van der Waals surface area contributed by atoms with E-state index >= 15 is 0 Å². The first-order chi connectivity index (χ1) is 8.97. The minimum Gasteiger partial charge on any atom is -0.478 e. The molecule has 0 fully saturated rings. The second kappa shape index (κ2) is 5.36. The molecule has 98 valence electrons. The number of aryl methyl sites for hydroxylation is 1. The molecule has 0 unspecified atom stereocenters. The highest BCUT2D eigenvalue weighted by Gasteiger charge is 2.07. The molecule has 0 bridgehead atoms. The van der Waals surface area contributed by atoms with Crippen molar-refractivity contribution < 1.29 is 14.3 Å². The van der Waals surface area contributed by atoms with Gasteiger partial charge in [-0.1, -0.05) is 0 Å². The van der Waals surface area contributed by atoms with Crippen LogP contribution in [0.4, 0.5) is 15.9 Å². The lowest BCUT2D eigenvalue weighted by Crippen LogP contribution is -2.00. The first-order valence-electron chi connectivity index (χ1n) is 5.39. The monoisotopic (exact) mass is 324 g/mol. The predicted octanol–water partition coefficient (Wildman–Crippen LogP) is 3.73. The summed E-state index contributed by atoms with van der Waals surface area (Å²) in [5.74, 6) is -0.963. The normalized spacial score (nSPS) is 10.3. The third-order valence-electron chi connectivity index (χ3n) is 2.54. The molecular weight excluding hydrogens is 315 g/mol. The van der Waals surface area contributed by atoms with E-state index in [9.17, 15) is 9.18 Å². The van der Waals surface area contributed by atoms with Crippen LogP contribution in [0.15, 0.2) is 34.9 Å². The molecular formula is C13H10BrFN2O2. The lowest BCUT2D eigenvalue weighted by Gasteiger charge is -2.10. The minimum absolute atomic E-state index is 0.101. The van der Waals surface area contributed by atoms with Gasteiger partial charge < -0.3 is 10.4 Å². The van der Waals surface area contributed by atoms with Crippen LogP contribution in [0.2, 0.25) is 0 Å². The van der Waals surface area contributed by atoms with E-state index in [1.165, 1.54) is 24.4 Å². The van der Waals surface area contributed by atoms with Gasteiger partial charge in [-0.25, -0.2) is 14.2 Å². The average molecular weight is 325 g/mol. The number of pyridine rings is 1. The molecule has 0 aliphatic heterocycles. The number of nitrogens with zero attached hydrogens (tertiary/aromatic N) is 1. The van der Waals surface area contributed by atoms with Crippen molar-refractivity contribution in [3.05, 3.63) is 51.9 Å². The molecule has 1 aromatic heterocycles. The Morgan fingerprint density at radius 1 is 1.42 bits per heavy atom.